The van der Waals surface area contributed by atoms with Crippen LogP contribution in [0.1, 0.15) is 25.7 Å². The summed E-state index contributed by atoms with van der Waals surface area (Å²) in [6.45, 7) is 4.85. The molecule has 20 heavy (non-hydrogen) atoms. The van der Waals surface area contributed by atoms with E-state index in [1.165, 1.54) is 0 Å². The van der Waals surface area contributed by atoms with Gasteiger partial charge >= 0.3 is 0 Å². The second-order valence-electron chi connectivity index (χ2n) is 5.45. The van der Waals surface area contributed by atoms with Crippen molar-refractivity contribution in [2.24, 2.45) is 11.7 Å². The van der Waals surface area contributed by atoms with E-state index in [0.717, 1.165) is 25.9 Å². The summed E-state index contributed by atoms with van der Waals surface area (Å²) >= 11 is 0. The topological polar surface area (TPSA) is 81.3 Å². The molecule has 6 nitrogen and oxygen atoms in total. The van der Waals surface area contributed by atoms with E-state index in [2.05, 4.69) is 22.0 Å². The van der Waals surface area contributed by atoms with Gasteiger partial charge in [0, 0.05) is 6.04 Å². The SMILES string of the molecule is CC(N)C1CCN(Cc2nnc(-c3ccco3)o2)CC1. The van der Waals surface area contributed by atoms with Crippen LogP contribution in [-0.4, -0.2) is 34.2 Å². The van der Waals surface area contributed by atoms with Gasteiger partial charge in [-0.05, 0) is 50.9 Å². The number of nitrogens with two attached hydrogens (primary N) is 1. The molecule has 2 aromatic rings. The van der Waals surface area contributed by atoms with Gasteiger partial charge in [0.1, 0.15) is 0 Å². The third-order valence-electron chi connectivity index (χ3n) is 3.93. The smallest absolute Gasteiger partial charge is 0.283 e. The van der Waals surface area contributed by atoms with Crippen LogP contribution in [0, 0.1) is 5.92 Å². The second-order valence-corrected chi connectivity index (χ2v) is 5.45. The number of hydrogen-bond acceptors (Lipinski definition) is 6. The Morgan fingerprint density at radius 1 is 1.40 bits per heavy atom. The molecule has 3 heterocycles. The molecule has 0 saturated carbocycles. The Morgan fingerprint density at radius 3 is 2.85 bits per heavy atom. The van der Waals surface area contributed by atoms with Crippen LogP contribution < -0.4 is 5.73 Å². The lowest BCUT2D eigenvalue weighted by Gasteiger charge is -2.32. The lowest BCUT2D eigenvalue weighted by Crippen LogP contribution is -2.39. The first-order valence-corrected chi connectivity index (χ1v) is 7.06. The molecule has 1 atom stereocenters. The molecule has 3 rings (SSSR count). The highest BCUT2D eigenvalue weighted by molar-refractivity contribution is 5.42. The average Bonchev–Trinajstić information content (AvgIpc) is 3.09. The lowest BCUT2D eigenvalue weighted by molar-refractivity contribution is 0.154. The van der Waals surface area contributed by atoms with E-state index in [4.69, 9.17) is 14.6 Å². The number of aromatic nitrogens is 2. The van der Waals surface area contributed by atoms with Crippen LogP contribution >= 0.6 is 0 Å². The van der Waals surface area contributed by atoms with Crippen molar-refractivity contribution in [2.75, 3.05) is 13.1 Å². The summed E-state index contributed by atoms with van der Waals surface area (Å²) in [4.78, 5) is 2.33. The Bertz CT molecular complexity index is 527. The normalized spacial score (nSPS) is 19.3. The molecule has 0 aliphatic carbocycles. The summed E-state index contributed by atoms with van der Waals surface area (Å²) in [5.74, 6) is 2.32. The van der Waals surface area contributed by atoms with Gasteiger partial charge in [0.15, 0.2) is 5.76 Å². The van der Waals surface area contributed by atoms with E-state index >= 15 is 0 Å². The maximum atomic E-state index is 5.95. The van der Waals surface area contributed by atoms with E-state index in [-0.39, 0.29) is 6.04 Å². The third kappa shape index (κ3) is 2.91. The molecular weight excluding hydrogens is 256 g/mol. The van der Waals surface area contributed by atoms with E-state index in [0.29, 0.717) is 30.0 Å². The van der Waals surface area contributed by atoms with Crippen LogP contribution in [0.5, 0.6) is 0 Å². The molecule has 1 unspecified atom stereocenters. The van der Waals surface area contributed by atoms with Crippen molar-refractivity contribution in [3.05, 3.63) is 24.3 Å². The number of likely N-dealkylation sites (tertiary alicyclic amines) is 1. The Labute approximate surface area is 117 Å². The fraction of sp³-hybridized carbons (Fsp3) is 0.571. The summed E-state index contributed by atoms with van der Waals surface area (Å²) in [7, 11) is 0. The van der Waals surface area contributed by atoms with Crippen molar-refractivity contribution in [3.8, 4) is 11.7 Å². The van der Waals surface area contributed by atoms with Crippen molar-refractivity contribution in [2.45, 2.75) is 32.4 Å². The molecule has 1 saturated heterocycles. The van der Waals surface area contributed by atoms with Gasteiger partial charge in [-0.1, -0.05) is 0 Å². The number of rotatable bonds is 4. The number of furan rings is 1. The van der Waals surface area contributed by atoms with E-state index < -0.39 is 0 Å². The number of nitrogens with zero attached hydrogens (tertiary/aromatic N) is 3. The van der Waals surface area contributed by atoms with Gasteiger partial charge in [-0.3, -0.25) is 4.90 Å². The summed E-state index contributed by atoms with van der Waals surface area (Å²) < 4.78 is 10.9. The van der Waals surface area contributed by atoms with Crippen LogP contribution in [0.2, 0.25) is 0 Å². The lowest BCUT2D eigenvalue weighted by atomic mass is 9.91. The molecule has 1 fully saturated rings. The first-order valence-electron chi connectivity index (χ1n) is 7.06. The highest BCUT2D eigenvalue weighted by Gasteiger charge is 2.23. The van der Waals surface area contributed by atoms with Crippen molar-refractivity contribution in [1.82, 2.24) is 15.1 Å². The maximum Gasteiger partial charge on any atom is 0.283 e. The highest BCUT2D eigenvalue weighted by atomic mass is 16.4. The third-order valence-corrected chi connectivity index (χ3v) is 3.93. The van der Waals surface area contributed by atoms with Crippen LogP contribution in [0.25, 0.3) is 11.7 Å². The minimum Gasteiger partial charge on any atom is -0.459 e. The minimum absolute atomic E-state index is 0.283. The van der Waals surface area contributed by atoms with Gasteiger partial charge in [0.05, 0.1) is 12.8 Å². The molecular formula is C14H20N4O2. The van der Waals surface area contributed by atoms with Crippen molar-refractivity contribution in [3.63, 3.8) is 0 Å². The molecule has 2 aromatic heterocycles. The first-order chi connectivity index (χ1) is 9.72. The number of hydrogen-bond donors (Lipinski definition) is 1. The Balaban J connectivity index is 1.57. The van der Waals surface area contributed by atoms with Crippen LogP contribution in [0.15, 0.2) is 27.2 Å². The standard InChI is InChI=1S/C14H20N4O2/c1-10(15)11-4-6-18(7-5-11)9-13-16-17-14(20-13)12-3-2-8-19-12/h2-3,8,10-11H,4-7,9,15H2,1H3. The molecule has 0 radical (unpaired) electrons. The zero-order chi connectivity index (χ0) is 13.9. The van der Waals surface area contributed by atoms with Gasteiger partial charge in [0.25, 0.3) is 5.89 Å². The highest BCUT2D eigenvalue weighted by Crippen LogP contribution is 2.22. The molecule has 108 valence electrons. The Morgan fingerprint density at radius 2 is 2.20 bits per heavy atom. The predicted molar refractivity (Wildman–Crippen MR) is 73.7 cm³/mol. The monoisotopic (exact) mass is 276 g/mol. The summed E-state index contributed by atoms with van der Waals surface area (Å²) in [5, 5.41) is 8.09. The molecule has 1 aliphatic heterocycles. The van der Waals surface area contributed by atoms with Gasteiger partial charge in [0.2, 0.25) is 5.89 Å². The molecule has 0 amide bonds. The Kier molecular flexibility index (Phi) is 3.84. The quantitative estimate of drug-likeness (QED) is 0.918. The van der Waals surface area contributed by atoms with Crippen molar-refractivity contribution in [1.29, 1.82) is 0 Å². The van der Waals surface area contributed by atoms with Crippen molar-refractivity contribution < 1.29 is 8.83 Å². The molecule has 0 aromatic carbocycles. The Hall–Kier alpha value is -1.66. The first kappa shape index (κ1) is 13.3. The van der Waals surface area contributed by atoms with Crippen LogP contribution in [-0.2, 0) is 6.54 Å². The fourth-order valence-electron chi connectivity index (χ4n) is 2.65. The largest absolute Gasteiger partial charge is 0.459 e. The molecule has 0 spiro atoms. The zero-order valence-corrected chi connectivity index (χ0v) is 11.7. The molecule has 1 aliphatic rings. The fourth-order valence-corrected chi connectivity index (χ4v) is 2.65. The van der Waals surface area contributed by atoms with Gasteiger partial charge in [-0.15, -0.1) is 10.2 Å². The average molecular weight is 276 g/mol. The van der Waals surface area contributed by atoms with E-state index in [1.54, 1.807) is 12.3 Å². The van der Waals surface area contributed by atoms with Crippen LogP contribution in [0.3, 0.4) is 0 Å². The van der Waals surface area contributed by atoms with Crippen molar-refractivity contribution >= 4 is 0 Å². The zero-order valence-electron chi connectivity index (χ0n) is 11.7. The maximum absolute atomic E-state index is 5.95. The van der Waals surface area contributed by atoms with E-state index in [1.807, 2.05) is 6.07 Å². The predicted octanol–water partition coefficient (Wildman–Crippen LogP) is 1.89. The summed E-state index contributed by atoms with van der Waals surface area (Å²) in [5.41, 5.74) is 5.95. The van der Waals surface area contributed by atoms with Crippen LogP contribution in [0.4, 0.5) is 0 Å². The molecule has 0 bridgehead atoms. The van der Waals surface area contributed by atoms with E-state index in [9.17, 15) is 0 Å². The summed E-state index contributed by atoms with van der Waals surface area (Å²) in [6, 6.07) is 3.90. The number of piperidine rings is 1. The molecule has 2 N–H and O–H groups in total. The minimum atomic E-state index is 0.283. The summed E-state index contributed by atoms with van der Waals surface area (Å²) in [6.07, 6.45) is 3.87. The molecule has 6 heteroatoms. The second kappa shape index (κ2) is 5.76. The van der Waals surface area contributed by atoms with Gasteiger partial charge < -0.3 is 14.6 Å². The van der Waals surface area contributed by atoms with Gasteiger partial charge in [-0.2, -0.15) is 0 Å². The van der Waals surface area contributed by atoms with Gasteiger partial charge in [-0.25, -0.2) is 0 Å².